The van der Waals surface area contributed by atoms with Gasteiger partial charge in [-0.05, 0) is 18.6 Å². The second kappa shape index (κ2) is 5.27. The number of benzene rings is 1. The second-order valence-corrected chi connectivity index (χ2v) is 2.48. The number of carbonyl (C=O) groups is 1. The second-order valence-electron chi connectivity index (χ2n) is 2.48. The summed E-state index contributed by atoms with van der Waals surface area (Å²) in [4.78, 5) is 10.8. The van der Waals surface area contributed by atoms with Gasteiger partial charge in [-0.15, -0.1) is 0 Å². The number of methoxy groups -OCH3 is 1. The summed E-state index contributed by atoms with van der Waals surface area (Å²) in [5, 5.41) is 0. The van der Waals surface area contributed by atoms with Gasteiger partial charge in [0.05, 0.1) is 13.0 Å². The summed E-state index contributed by atoms with van der Waals surface area (Å²) in [5.74, 6) is -0.215. The predicted molar refractivity (Wildman–Crippen MR) is 46.4 cm³/mol. The first-order chi connectivity index (χ1) is 5.66. The van der Waals surface area contributed by atoms with E-state index < -0.39 is 5.91 Å². The number of rotatable bonds is 2. The summed E-state index contributed by atoms with van der Waals surface area (Å²) in [7, 11) is 1.49. The fourth-order valence-electron chi connectivity index (χ4n) is 1.10. The first kappa shape index (κ1) is 12.5. The molecule has 1 aromatic carbocycles. The van der Waals surface area contributed by atoms with Crippen LogP contribution in [0.4, 0.5) is 0 Å². The third-order valence-electron chi connectivity index (χ3n) is 1.66. The quantitative estimate of drug-likeness (QED) is 0.569. The molecule has 4 heteroatoms. The topological polar surface area (TPSA) is 50.1 Å². The number of aryl methyl sites for hydroxylation is 1. The molecule has 0 saturated heterocycles. The third-order valence-corrected chi connectivity index (χ3v) is 1.66. The maximum Gasteiger partial charge on any atom is 1.00 e. The first-order valence-corrected chi connectivity index (χ1v) is 3.56. The summed E-state index contributed by atoms with van der Waals surface area (Å²) < 4.78 is 5.00. The number of nitrogens with one attached hydrogen (secondary N) is 1. The minimum atomic E-state index is -0.712. The van der Waals surface area contributed by atoms with E-state index in [1.807, 2.05) is 13.0 Å². The fraction of sp³-hybridized carbons (Fsp3) is 0.222. The molecule has 0 aromatic heterocycles. The van der Waals surface area contributed by atoms with E-state index in [9.17, 15) is 4.79 Å². The molecular formula is C9H10NNaO2. The monoisotopic (exact) mass is 187 g/mol. The molecule has 0 spiro atoms. The minimum absolute atomic E-state index is 0. The Morgan fingerprint density at radius 2 is 2.08 bits per heavy atom. The molecule has 0 unspecified atom stereocenters. The van der Waals surface area contributed by atoms with E-state index in [2.05, 4.69) is 0 Å². The van der Waals surface area contributed by atoms with Crippen molar-refractivity contribution >= 4 is 5.91 Å². The van der Waals surface area contributed by atoms with Gasteiger partial charge in [0.2, 0.25) is 0 Å². The van der Waals surface area contributed by atoms with Crippen LogP contribution in [-0.4, -0.2) is 13.0 Å². The van der Waals surface area contributed by atoms with Gasteiger partial charge < -0.3 is 15.3 Å². The van der Waals surface area contributed by atoms with Crippen LogP contribution in [0.15, 0.2) is 18.2 Å². The molecule has 0 fully saturated rings. The van der Waals surface area contributed by atoms with Crippen molar-refractivity contribution < 1.29 is 39.1 Å². The molecule has 0 heterocycles. The maximum absolute atomic E-state index is 10.8. The van der Waals surface area contributed by atoms with Gasteiger partial charge in [0.15, 0.2) is 0 Å². The number of para-hydroxylation sites is 1. The molecular weight excluding hydrogens is 177 g/mol. The van der Waals surface area contributed by atoms with Crippen molar-refractivity contribution in [2.75, 3.05) is 7.11 Å². The fourth-order valence-corrected chi connectivity index (χ4v) is 1.10. The van der Waals surface area contributed by atoms with E-state index in [4.69, 9.17) is 10.5 Å². The summed E-state index contributed by atoms with van der Waals surface area (Å²) in [6.45, 7) is 1.84. The number of amides is 1. The van der Waals surface area contributed by atoms with Gasteiger partial charge in [-0.1, -0.05) is 12.1 Å². The maximum atomic E-state index is 10.8. The van der Waals surface area contributed by atoms with Crippen LogP contribution in [0.2, 0.25) is 0 Å². The Hall–Kier alpha value is -0.510. The van der Waals surface area contributed by atoms with Gasteiger partial charge in [-0.25, -0.2) is 0 Å². The van der Waals surface area contributed by atoms with Crippen molar-refractivity contribution in [2.45, 2.75) is 6.92 Å². The normalized spacial score (nSPS) is 8.77. The molecule has 0 bridgehead atoms. The third kappa shape index (κ3) is 2.72. The van der Waals surface area contributed by atoms with Gasteiger partial charge in [0.25, 0.3) is 0 Å². The van der Waals surface area contributed by atoms with Crippen molar-refractivity contribution in [1.82, 2.24) is 0 Å². The summed E-state index contributed by atoms with van der Waals surface area (Å²) in [6.07, 6.45) is 0. The molecule has 0 aliphatic rings. The van der Waals surface area contributed by atoms with Gasteiger partial charge in [0, 0.05) is 5.56 Å². The van der Waals surface area contributed by atoms with E-state index in [0.29, 0.717) is 11.3 Å². The standard InChI is InChI=1S/C9H11NO2.Na/c1-6-4-3-5-7(9(10)11)8(6)12-2;/h3-5H,1-2H3,(H2,10,11);/q;+1/p-1. The number of ether oxygens (including phenoxy) is 1. The molecule has 1 N–H and O–H groups in total. The SMILES string of the molecule is COc1c(C)cccc1C([NH-])=O.[Na+]. The van der Waals surface area contributed by atoms with Crippen LogP contribution in [0.5, 0.6) is 5.75 Å². The Morgan fingerprint density at radius 1 is 1.46 bits per heavy atom. The average molecular weight is 187 g/mol. The molecule has 1 amide bonds. The Kier molecular flexibility index (Phi) is 5.06. The molecule has 0 aliphatic carbocycles. The number of carbonyl (C=O) groups excluding carboxylic acids is 1. The largest absolute Gasteiger partial charge is 1.00 e. The number of hydrogen-bond donors (Lipinski definition) is 0. The molecule has 1 aromatic rings. The smallest absolute Gasteiger partial charge is 0.663 e. The van der Waals surface area contributed by atoms with E-state index in [1.54, 1.807) is 12.1 Å². The van der Waals surface area contributed by atoms with Crippen LogP contribution < -0.4 is 34.3 Å². The van der Waals surface area contributed by atoms with Crippen molar-refractivity contribution in [3.8, 4) is 5.75 Å². The molecule has 1 rings (SSSR count). The van der Waals surface area contributed by atoms with Crippen LogP contribution in [0.3, 0.4) is 0 Å². The molecule has 0 atom stereocenters. The zero-order valence-corrected chi connectivity index (χ0v) is 10.0. The molecule has 64 valence electrons. The Morgan fingerprint density at radius 3 is 2.46 bits per heavy atom. The zero-order chi connectivity index (χ0) is 9.14. The van der Waals surface area contributed by atoms with Crippen molar-refractivity contribution in [3.63, 3.8) is 0 Å². The van der Waals surface area contributed by atoms with E-state index >= 15 is 0 Å². The predicted octanol–water partition coefficient (Wildman–Crippen LogP) is -0.800. The Labute approximate surface area is 99.6 Å². The Bertz CT molecular complexity index is 312. The molecule has 0 radical (unpaired) electrons. The van der Waals surface area contributed by atoms with Crippen LogP contribution in [0.25, 0.3) is 5.73 Å². The van der Waals surface area contributed by atoms with Crippen LogP contribution in [0.1, 0.15) is 15.9 Å². The summed E-state index contributed by atoms with van der Waals surface area (Å²) in [5.41, 5.74) is 8.13. The average Bonchev–Trinajstić information content (AvgIpc) is 2.03. The van der Waals surface area contributed by atoms with E-state index in [-0.39, 0.29) is 29.6 Å². The van der Waals surface area contributed by atoms with Crippen LogP contribution >= 0.6 is 0 Å². The van der Waals surface area contributed by atoms with Crippen molar-refractivity contribution in [3.05, 3.63) is 35.1 Å². The van der Waals surface area contributed by atoms with Gasteiger partial charge in [0.1, 0.15) is 5.75 Å². The molecule has 0 saturated carbocycles. The van der Waals surface area contributed by atoms with Crippen LogP contribution in [0, 0.1) is 6.92 Å². The zero-order valence-electron chi connectivity index (χ0n) is 8.05. The van der Waals surface area contributed by atoms with Crippen molar-refractivity contribution in [2.24, 2.45) is 0 Å². The van der Waals surface area contributed by atoms with Gasteiger partial charge >= 0.3 is 29.6 Å². The minimum Gasteiger partial charge on any atom is -0.663 e. The summed E-state index contributed by atoms with van der Waals surface area (Å²) in [6, 6.07) is 5.16. The van der Waals surface area contributed by atoms with E-state index in [0.717, 1.165) is 5.56 Å². The molecule has 0 aliphatic heterocycles. The molecule has 13 heavy (non-hydrogen) atoms. The summed E-state index contributed by atoms with van der Waals surface area (Å²) >= 11 is 0. The Balaban J connectivity index is 0.00000144. The molecule has 3 nitrogen and oxygen atoms in total. The van der Waals surface area contributed by atoms with Gasteiger partial charge in [-0.3, -0.25) is 0 Å². The van der Waals surface area contributed by atoms with E-state index in [1.165, 1.54) is 7.11 Å². The number of hydrogen-bond acceptors (Lipinski definition) is 2. The first-order valence-electron chi connectivity index (χ1n) is 3.56. The van der Waals surface area contributed by atoms with Crippen LogP contribution in [-0.2, 0) is 0 Å². The van der Waals surface area contributed by atoms with Crippen molar-refractivity contribution in [1.29, 1.82) is 0 Å². The van der Waals surface area contributed by atoms with Gasteiger partial charge in [-0.2, -0.15) is 0 Å².